The van der Waals surface area contributed by atoms with Crippen molar-refractivity contribution < 1.29 is 0 Å². The van der Waals surface area contributed by atoms with Crippen molar-refractivity contribution in [1.82, 2.24) is 29.7 Å². The van der Waals surface area contributed by atoms with Crippen LogP contribution in [-0.2, 0) is 0 Å². The second-order valence-electron chi connectivity index (χ2n) is 8.01. The fourth-order valence-corrected chi connectivity index (χ4v) is 3.83. The molecule has 0 radical (unpaired) electrons. The summed E-state index contributed by atoms with van der Waals surface area (Å²) in [7, 11) is 0. The van der Waals surface area contributed by atoms with Gasteiger partial charge >= 0.3 is 0 Å². The standard InChI is InChI=1S/C21H27N7O/c1-13(2)28-12-23-26-20(28)17-6-5-9-27(11-17)18-8-7-16(10-22-18)19-24-15(4)14(3)21(29)25-19/h7-8,10,12-13,17H,5-6,9,11H2,1-4H3,(H,24,25,29). The van der Waals surface area contributed by atoms with Crippen molar-refractivity contribution >= 4 is 5.82 Å². The number of nitrogens with zero attached hydrogens (tertiary/aromatic N) is 6. The highest BCUT2D eigenvalue weighted by atomic mass is 16.1. The van der Waals surface area contributed by atoms with Gasteiger partial charge in [0.2, 0.25) is 0 Å². The lowest BCUT2D eigenvalue weighted by molar-refractivity contribution is 0.453. The smallest absolute Gasteiger partial charge is 0.254 e. The first kappa shape index (κ1) is 19.3. The van der Waals surface area contributed by atoms with Gasteiger partial charge in [0.05, 0.1) is 0 Å². The zero-order valence-corrected chi connectivity index (χ0v) is 17.4. The molecule has 8 heteroatoms. The van der Waals surface area contributed by atoms with Crippen molar-refractivity contribution in [3.8, 4) is 11.4 Å². The third-order valence-electron chi connectivity index (χ3n) is 5.68. The highest BCUT2D eigenvalue weighted by Crippen LogP contribution is 2.29. The van der Waals surface area contributed by atoms with Crippen molar-refractivity contribution in [2.24, 2.45) is 0 Å². The molecule has 1 N–H and O–H groups in total. The zero-order valence-electron chi connectivity index (χ0n) is 17.4. The van der Waals surface area contributed by atoms with Gasteiger partial charge in [-0.25, -0.2) is 9.97 Å². The van der Waals surface area contributed by atoms with Gasteiger partial charge in [-0.1, -0.05) is 0 Å². The first-order chi connectivity index (χ1) is 13.9. The normalized spacial score (nSPS) is 17.1. The van der Waals surface area contributed by atoms with E-state index in [0.29, 0.717) is 23.3 Å². The minimum absolute atomic E-state index is 0.107. The monoisotopic (exact) mass is 393 g/mol. The fraction of sp³-hybridized carbons (Fsp3) is 0.476. The van der Waals surface area contributed by atoms with E-state index in [1.807, 2.05) is 25.4 Å². The Morgan fingerprint density at radius 2 is 2.07 bits per heavy atom. The number of aryl methyl sites for hydroxylation is 1. The second-order valence-corrected chi connectivity index (χ2v) is 8.01. The van der Waals surface area contributed by atoms with E-state index in [1.165, 1.54) is 0 Å². The summed E-state index contributed by atoms with van der Waals surface area (Å²) in [6, 6.07) is 4.32. The predicted molar refractivity (Wildman–Crippen MR) is 112 cm³/mol. The van der Waals surface area contributed by atoms with Crippen LogP contribution in [0.2, 0.25) is 0 Å². The Hall–Kier alpha value is -3.03. The molecule has 4 heterocycles. The Kier molecular flexibility index (Phi) is 5.17. The molecule has 8 nitrogen and oxygen atoms in total. The summed E-state index contributed by atoms with van der Waals surface area (Å²) >= 11 is 0. The van der Waals surface area contributed by atoms with Gasteiger partial charge in [0.25, 0.3) is 5.56 Å². The molecule has 0 amide bonds. The van der Waals surface area contributed by atoms with E-state index in [-0.39, 0.29) is 5.56 Å². The first-order valence-corrected chi connectivity index (χ1v) is 10.1. The van der Waals surface area contributed by atoms with Crippen molar-refractivity contribution in [2.45, 2.75) is 52.5 Å². The molecule has 1 aliphatic heterocycles. The van der Waals surface area contributed by atoms with Gasteiger partial charge < -0.3 is 14.5 Å². The molecule has 1 unspecified atom stereocenters. The Morgan fingerprint density at radius 3 is 2.76 bits per heavy atom. The summed E-state index contributed by atoms with van der Waals surface area (Å²) in [6.07, 6.45) is 5.80. The third kappa shape index (κ3) is 3.79. The zero-order chi connectivity index (χ0) is 20.5. The maximum atomic E-state index is 12.0. The molecule has 152 valence electrons. The summed E-state index contributed by atoms with van der Waals surface area (Å²) in [5.74, 6) is 2.88. The molecule has 4 rings (SSSR count). The molecule has 0 saturated carbocycles. The third-order valence-corrected chi connectivity index (χ3v) is 5.68. The number of hydrogen-bond donors (Lipinski definition) is 1. The molecule has 1 aliphatic rings. The maximum Gasteiger partial charge on any atom is 0.254 e. The van der Waals surface area contributed by atoms with Crippen LogP contribution in [0.25, 0.3) is 11.4 Å². The predicted octanol–water partition coefficient (Wildman–Crippen LogP) is 3.01. The Morgan fingerprint density at radius 1 is 1.24 bits per heavy atom. The van der Waals surface area contributed by atoms with Gasteiger partial charge in [0.1, 0.15) is 23.8 Å². The molecular formula is C21H27N7O. The van der Waals surface area contributed by atoms with Crippen molar-refractivity contribution in [3.63, 3.8) is 0 Å². The number of rotatable bonds is 4. The van der Waals surface area contributed by atoms with Crippen molar-refractivity contribution in [3.05, 3.63) is 52.1 Å². The number of H-pyrrole nitrogens is 1. The molecular weight excluding hydrogens is 366 g/mol. The molecule has 1 saturated heterocycles. The summed E-state index contributed by atoms with van der Waals surface area (Å²) in [6.45, 7) is 9.77. The van der Waals surface area contributed by atoms with E-state index in [0.717, 1.165) is 48.8 Å². The van der Waals surface area contributed by atoms with Crippen molar-refractivity contribution in [1.29, 1.82) is 0 Å². The average molecular weight is 393 g/mol. The van der Waals surface area contributed by atoms with E-state index in [1.54, 1.807) is 13.1 Å². The lowest BCUT2D eigenvalue weighted by Gasteiger charge is -2.33. The van der Waals surface area contributed by atoms with Crippen LogP contribution in [0.5, 0.6) is 0 Å². The van der Waals surface area contributed by atoms with Crippen LogP contribution in [-0.4, -0.2) is 42.8 Å². The summed E-state index contributed by atoms with van der Waals surface area (Å²) < 4.78 is 2.16. The van der Waals surface area contributed by atoms with Crippen LogP contribution < -0.4 is 10.5 Å². The van der Waals surface area contributed by atoms with Crippen LogP contribution >= 0.6 is 0 Å². The van der Waals surface area contributed by atoms with Gasteiger partial charge in [-0.3, -0.25) is 4.79 Å². The van der Waals surface area contributed by atoms with E-state index in [2.05, 4.69) is 48.5 Å². The topological polar surface area (TPSA) is 92.6 Å². The Balaban J connectivity index is 1.54. The van der Waals surface area contributed by atoms with E-state index < -0.39 is 0 Å². The van der Waals surface area contributed by atoms with Gasteiger partial charge in [0.15, 0.2) is 0 Å². The van der Waals surface area contributed by atoms with Gasteiger partial charge in [-0.2, -0.15) is 0 Å². The number of aromatic nitrogens is 6. The molecule has 3 aromatic rings. The maximum absolute atomic E-state index is 12.0. The number of anilines is 1. The van der Waals surface area contributed by atoms with Gasteiger partial charge in [0, 0.05) is 48.1 Å². The Bertz CT molecular complexity index is 1050. The highest BCUT2D eigenvalue weighted by Gasteiger charge is 2.26. The Labute approximate surface area is 170 Å². The summed E-state index contributed by atoms with van der Waals surface area (Å²) in [5, 5.41) is 8.52. The SMILES string of the molecule is Cc1nc(-c2ccc(N3CCCC(c4nncn4C(C)C)C3)nc2)[nH]c(=O)c1C. The van der Waals surface area contributed by atoms with Crippen LogP contribution in [0.4, 0.5) is 5.82 Å². The fourth-order valence-electron chi connectivity index (χ4n) is 3.83. The van der Waals surface area contributed by atoms with E-state index >= 15 is 0 Å². The minimum Gasteiger partial charge on any atom is -0.356 e. The molecule has 0 aromatic carbocycles. The first-order valence-electron chi connectivity index (χ1n) is 10.1. The molecule has 0 bridgehead atoms. The van der Waals surface area contributed by atoms with Crippen LogP contribution in [0, 0.1) is 13.8 Å². The molecule has 3 aromatic heterocycles. The molecule has 0 spiro atoms. The van der Waals surface area contributed by atoms with Gasteiger partial charge in [-0.05, 0) is 52.7 Å². The van der Waals surface area contributed by atoms with Crippen LogP contribution in [0.1, 0.15) is 55.7 Å². The number of nitrogens with one attached hydrogen (secondary N) is 1. The number of pyridine rings is 1. The number of aromatic amines is 1. The summed E-state index contributed by atoms with van der Waals surface area (Å²) in [4.78, 5) is 26.3. The number of piperidine rings is 1. The molecule has 29 heavy (non-hydrogen) atoms. The quantitative estimate of drug-likeness (QED) is 0.732. The van der Waals surface area contributed by atoms with Crippen molar-refractivity contribution in [2.75, 3.05) is 18.0 Å². The molecule has 1 fully saturated rings. The van der Waals surface area contributed by atoms with Gasteiger partial charge in [-0.15, -0.1) is 10.2 Å². The second kappa shape index (κ2) is 7.77. The number of hydrogen-bond acceptors (Lipinski definition) is 6. The highest BCUT2D eigenvalue weighted by molar-refractivity contribution is 5.56. The molecule has 0 aliphatic carbocycles. The van der Waals surface area contributed by atoms with Crippen LogP contribution in [0.3, 0.4) is 0 Å². The van der Waals surface area contributed by atoms with E-state index in [9.17, 15) is 4.79 Å². The largest absolute Gasteiger partial charge is 0.356 e. The lowest BCUT2D eigenvalue weighted by Crippen LogP contribution is -2.36. The van der Waals surface area contributed by atoms with E-state index in [4.69, 9.17) is 0 Å². The van der Waals surface area contributed by atoms with Crippen LogP contribution in [0.15, 0.2) is 29.5 Å². The minimum atomic E-state index is -0.107. The molecule has 1 atom stereocenters. The summed E-state index contributed by atoms with van der Waals surface area (Å²) in [5.41, 5.74) is 2.08. The lowest BCUT2D eigenvalue weighted by atomic mass is 9.97. The average Bonchev–Trinajstić information content (AvgIpc) is 3.22.